The molecule has 0 radical (unpaired) electrons. The number of imide groups is 1. The Morgan fingerprint density at radius 2 is 1.33 bits per heavy atom. The van der Waals surface area contributed by atoms with Crippen molar-refractivity contribution in [2.75, 3.05) is 0 Å². The normalized spacial score (nSPS) is 31.7. The van der Waals surface area contributed by atoms with Crippen molar-refractivity contribution in [1.29, 1.82) is 0 Å². The lowest BCUT2D eigenvalue weighted by Gasteiger charge is -2.22. The number of likely N-dealkylation sites (tertiary alicyclic amines) is 1. The lowest BCUT2D eigenvalue weighted by atomic mass is 9.88. The smallest absolute Gasteiger partial charge is 0.233 e. The number of rotatable bonds is 3. The van der Waals surface area contributed by atoms with Crippen LogP contribution in [0.2, 0.25) is 0 Å². The first kappa shape index (κ1) is 16.0. The largest absolute Gasteiger partial charge is 0.280 e. The fourth-order valence-electron chi connectivity index (χ4n) is 3.95. The van der Waals surface area contributed by atoms with E-state index < -0.39 is 0 Å². The van der Waals surface area contributed by atoms with E-state index in [1.807, 2.05) is 13.8 Å². The molecule has 0 bridgehead atoms. The molecule has 2 rings (SSSR count). The quantitative estimate of drug-likeness (QED) is 0.588. The number of hydrogen-bond acceptors (Lipinski definition) is 2. The van der Waals surface area contributed by atoms with Gasteiger partial charge in [0.2, 0.25) is 11.8 Å². The van der Waals surface area contributed by atoms with Crippen molar-refractivity contribution < 1.29 is 9.59 Å². The minimum atomic E-state index is -0.157. The van der Waals surface area contributed by atoms with Crippen LogP contribution in [-0.4, -0.2) is 22.8 Å². The zero-order valence-electron chi connectivity index (χ0n) is 14.0. The topological polar surface area (TPSA) is 37.4 Å². The third-order valence-corrected chi connectivity index (χ3v) is 4.51. The van der Waals surface area contributed by atoms with Crippen LogP contribution in [0.3, 0.4) is 0 Å². The molecule has 21 heavy (non-hydrogen) atoms. The maximum absolute atomic E-state index is 12.7. The molecule has 116 valence electrons. The Labute approximate surface area is 128 Å². The molecule has 4 unspecified atom stereocenters. The Kier molecular flexibility index (Phi) is 4.40. The van der Waals surface area contributed by atoms with Gasteiger partial charge in [-0.25, -0.2) is 0 Å². The second kappa shape index (κ2) is 5.78. The summed E-state index contributed by atoms with van der Waals surface area (Å²) in [5.74, 6) is 0.145. The van der Waals surface area contributed by atoms with Gasteiger partial charge in [-0.1, -0.05) is 23.3 Å². The van der Waals surface area contributed by atoms with Crippen LogP contribution < -0.4 is 0 Å². The van der Waals surface area contributed by atoms with Crippen molar-refractivity contribution in [1.82, 2.24) is 4.90 Å². The maximum Gasteiger partial charge on any atom is 0.233 e. The molecule has 1 heterocycles. The summed E-state index contributed by atoms with van der Waals surface area (Å²) < 4.78 is 0. The lowest BCUT2D eigenvalue weighted by molar-refractivity contribution is -0.142. The fraction of sp³-hybridized carbons (Fsp3) is 0.667. The van der Waals surface area contributed by atoms with Crippen molar-refractivity contribution in [2.24, 2.45) is 23.7 Å². The number of carbonyl (C=O) groups excluding carboxylic acids is 2. The number of hydrogen-bond donors (Lipinski definition) is 0. The summed E-state index contributed by atoms with van der Waals surface area (Å²) in [6.45, 7) is 12.1. The van der Waals surface area contributed by atoms with Crippen LogP contribution in [0.1, 0.15) is 48.0 Å². The Bertz CT molecular complexity index is 465. The van der Waals surface area contributed by atoms with E-state index in [9.17, 15) is 9.59 Å². The first-order valence-corrected chi connectivity index (χ1v) is 7.91. The third-order valence-electron chi connectivity index (χ3n) is 4.51. The summed E-state index contributed by atoms with van der Waals surface area (Å²) in [6.07, 6.45) is 5.28. The Balaban J connectivity index is 2.42. The van der Waals surface area contributed by atoms with E-state index in [4.69, 9.17) is 0 Å². The summed E-state index contributed by atoms with van der Waals surface area (Å²) in [4.78, 5) is 26.9. The zero-order valence-corrected chi connectivity index (χ0v) is 14.0. The van der Waals surface area contributed by atoms with E-state index >= 15 is 0 Å². The van der Waals surface area contributed by atoms with Gasteiger partial charge in [-0.15, -0.1) is 0 Å². The van der Waals surface area contributed by atoms with Crippen LogP contribution in [-0.2, 0) is 9.59 Å². The van der Waals surface area contributed by atoms with Crippen molar-refractivity contribution in [3.63, 3.8) is 0 Å². The van der Waals surface area contributed by atoms with E-state index in [0.29, 0.717) is 0 Å². The molecule has 3 heteroatoms. The SMILES string of the molecule is CC(C)=CC1CC(C=C(C)C)C2C(=O)N(C(C)C)C(=O)C12. The van der Waals surface area contributed by atoms with Gasteiger partial charge in [0.1, 0.15) is 0 Å². The van der Waals surface area contributed by atoms with Gasteiger partial charge in [0, 0.05) is 6.04 Å². The van der Waals surface area contributed by atoms with Gasteiger partial charge < -0.3 is 0 Å². The molecule has 4 atom stereocenters. The van der Waals surface area contributed by atoms with E-state index in [0.717, 1.165) is 6.42 Å². The first-order valence-electron chi connectivity index (χ1n) is 7.91. The first-order chi connectivity index (χ1) is 9.73. The zero-order chi connectivity index (χ0) is 15.9. The molecular formula is C18H27NO2. The molecular weight excluding hydrogens is 262 g/mol. The second-order valence-electron chi connectivity index (χ2n) is 7.24. The molecule has 2 aliphatic rings. The van der Waals surface area contributed by atoms with Crippen LogP contribution in [0.4, 0.5) is 0 Å². The van der Waals surface area contributed by atoms with E-state index in [2.05, 4.69) is 39.8 Å². The average molecular weight is 289 g/mol. The van der Waals surface area contributed by atoms with E-state index in [1.165, 1.54) is 16.0 Å². The van der Waals surface area contributed by atoms with Gasteiger partial charge >= 0.3 is 0 Å². The summed E-state index contributed by atoms with van der Waals surface area (Å²) in [5, 5.41) is 0. The predicted octanol–water partition coefficient (Wildman–Crippen LogP) is 3.56. The van der Waals surface area contributed by atoms with Crippen LogP contribution in [0.25, 0.3) is 0 Å². The van der Waals surface area contributed by atoms with Gasteiger partial charge in [0.05, 0.1) is 11.8 Å². The summed E-state index contributed by atoms with van der Waals surface area (Å²) >= 11 is 0. The third kappa shape index (κ3) is 2.83. The molecule has 0 aromatic carbocycles. The van der Waals surface area contributed by atoms with E-state index in [1.54, 1.807) is 0 Å². The standard InChI is InChI=1S/C18H27NO2/c1-10(2)7-13-9-14(8-11(3)4)16-15(13)17(20)19(12(5)6)18(16)21/h7-8,12-16H,9H2,1-6H3. The van der Waals surface area contributed by atoms with Crippen molar-refractivity contribution >= 4 is 11.8 Å². The van der Waals surface area contributed by atoms with Crippen molar-refractivity contribution in [3.8, 4) is 0 Å². The Hall–Kier alpha value is -1.38. The van der Waals surface area contributed by atoms with E-state index in [-0.39, 0.29) is 41.5 Å². The monoisotopic (exact) mass is 289 g/mol. The van der Waals surface area contributed by atoms with Gasteiger partial charge in [0.25, 0.3) is 0 Å². The second-order valence-corrected chi connectivity index (χ2v) is 7.24. The summed E-state index contributed by atoms with van der Waals surface area (Å²) in [6, 6.07) is -0.0460. The van der Waals surface area contributed by atoms with Gasteiger partial charge in [-0.2, -0.15) is 0 Å². The Morgan fingerprint density at radius 1 is 0.952 bits per heavy atom. The molecule has 0 N–H and O–H groups in total. The highest BCUT2D eigenvalue weighted by Gasteiger charge is 2.57. The average Bonchev–Trinajstić information content (AvgIpc) is 2.76. The van der Waals surface area contributed by atoms with Gasteiger partial charge in [0.15, 0.2) is 0 Å². The highest BCUT2D eigenvalue weighted by atomic mass is 16.2. The number of fused-ring (bicyclic) bond motifs is 1. The fourth-order valence-corrected chi connectivity index (χ4v) is 3.95. The minimum absolute atomic E-state index is 0.0344. The molecule has 2 amide bonds. The molecule has 1 saturated carbocycles. The Morgan fingerprint density at radius 3 is 1.62 bits per heavy atom. The van der Waals surface area contributed by atoms with Crippen molar-refractivity contribution in [2.45, 2.75) is 54.0 Å². The molecule has 0 spiro atoms. The van der Waals surface area contributed by atoms with Crippen molar-refractivity contribution in [3.05, 3.63) is 23.3 Å². The number of carbonyl (C=O) groups is 2. The molecule has 1 saturated heterocycles. The molecule has 0 aromatic heterocycles. The summed E-state index contributed by atoms with van der Waals surface area (Å²) in [7, 11) is 0. The molecule has 0 aromatic rings. The summed E-state index contributed by atoms with van der Waals surface area (Å²) in [5.41, 5.74) is 2.44. The predicted molar refractivity (Wildman–Crippen MR) is 84.4 cm³/mol. The lowest BCUT2D eigenvalue weighted by Crippen LogP contribution is -2.38. The highest BCUT2D eigenvalue weighted by Crippen LogP contribution is 2.49. The maximum atomic E-state index is 12.7. The van der Waals surface area contributed by atoms with Crippen LogP contribution in [0.15, 0.2) is 23.3 Å². The molecule has 1 aliphatic heterocycles. The van der Waals surface area contributed by atoms with Crippen LogP contribution in [0, 0.1) is 23.7 Å². The molecule has 3 nitrogen and oxygen atoms in total. The molecule has 2 fully saturated rings. The van der Waals surface area contributed by atoms with Gasteiger partial charge in [-0.05, 0) is 59.8 Å². The number of nitrogens with zero attached hydrogens (tertiary/aromatic N) is 1. The van der Waals surface area contributed by atoms with Crippen LogP contribution >= 0.6 is 0 Å². The number of allylic oxidation sites excluding steroid dienone is 4. The minimum Gasteiger partial charge on any atom is -0.280 e. The molecule has 1 aliphatic carbocycles. The van der Waals surface area contributed by atoms with Gasteiger partial charge in [-0.3, -0.25) is 14.5 Å². The number of amides is 2. The van der Waals surface area contributed by atoms with Crippen LogP contribution in [0.5, 0.6) is 0 Å². The highest BCUT2D eigenvalue weighted by molar-refractivity contribution is 6.06.